The molecule has 14 heteroatoms. The van der Waals surface area contributed by atoms with Crippen molar-refractivity contribution in [1.29, 1.82) is 5.26 Å². The Labute approximate surface area is 294 Å². The number of aromatic amines is 2. The molecular weight excluding hydrogens is 673 g/mol. The largest absolute Gasteiger partial charge is 0.473 e. The number of nitriles is 1. The number of furan rings is 1. The predicted molar refractivity (Wildman–Crippen MR) is 187 cm³/mol. The molecule has 1 fully saturated rings. The molecule has 262 valence electrons. The Kier molecular flexibility index (Phi) is 8.35. The maximum atomic E-state index is 13.4. The van der Waals surface area contributed by atoms with Crippen LogP contribution in [0.25, 0.3) is 32.9 Å². The SMILES string of the molecule is Cc1cc2c(C#N)ccc(COc3cccc(C4CCN(Cc5nc6ccc(NC(=O)c7ccc8n[nH]c(C(F)(F)F)c8c7)cc6[nH]5)CC4)n3)c2o1. The molecule has 52 heavy (non-hydrogen) atoms. The number of halogens is 3. The molecule has 7 aromatic rings. The predicted octanol–water partition coefficient (Wildman–Crippen LogP) is 7.99. The number of amides is 1. The number of rotatable bonds is 8. The maximum absolute atomic E-state index is 13.4. The summed E-state index contributed by atoms with van der Waals surface area (Å²) in [6.45, 7) is 4.46. The van der Waals surface area contributed by atoms with Crippen LogP contribution in [0.1, 0.15) is 63.2 Å². The third-order valence-electron chi connectivity index (χ3n) is 9.40. The summed E-state index contributed by atoms with van der Waals surface area (Å²) in [4.78, 5) is 28.2. The van der Waals surface area contributed by atoms with E-state index in [-0.39, 0.29) is 29.0 Å². The number of aromatic nitrogens is 5. The van der Waals surface area contributed by atoms with E-state index >= 15 is 0 Å². The van der Waals surface area contributed by atoms with E-state index in [9.17, 15) is 23.2 Å². The highest BCUT2D eigenvalue weighted by Gasteiger charge is 2.35. The lowest BCUT2D eigenvalue weighted by Crippen LogP contribution is -2.33. The van der Waals surface area contributed by atoms with E-state index in [1.165, 1.54) is 18.2 Å². The Morgan fingerprint density at radius 2 is 1.87 bits per heavy atom. The molecule has 0 atom stereocenters. The summed E-state index contributed by atoms with van der Waals surface area (Å²) in [7, 11) is 0. The number of hydrogen-bond acceptors (Lipinski definition) is 8. The van der Waals surface area contributed by atoms with Crippen LogP contribution in [-0.4, -0.2) is 49.0 Å². The van der Waals surface area contributed by atoms with Crippen LogP contribution in [0.5, 0.6) is 5.88 Å². The molecule has 3 N–H and O–H groups in total. The summed E-state index contributed by atoms with van der Waals surface area (Å²) >= 11 is 0. The first kappa shape index (κ1) is 33.0. The van der Waals surface area contributed by atoms with Crippen LogP contribution in [0.15, 0.2) is 77.2 Å². The van der Waals surface area contributed by atoms with Gasteiger partial charge in [0.15, 0.2) is 0 Å². The number of ether oxygens (including phenoxy) is 1. The van der Waals surface area contributed by atoms with E-state index in [4.69, 9.17) is 19.1 Å². The number of alkyl halides is 3. The first-order chi connectivity index (χ1) is 25.1. The Morgan fingerprint density at radius 1 is 1.04 bits per heavy atom. The number of hydrogen-bond donors (Lipinski definition) is 3. The first-order valence-electron chi connectivity index (χ1n) is 16.7. The second-order valence-corrected chi connectivity index (χ2v) is 12.9. The molecule has 4 aromatic heterocycles. The minimum atomic E-state index is -4.62. The Hall–Kier alpha value is -6.20. The Bertz CT molecular complexity index is 2500. The number of carbonyl (C=O) groups is 1. The topological polar surface area (TPSA) is 149 Å². The number of carbonyl (C=O) groups excluding carboxylic acids is 1. The molecule has 0 radical (unpaired) electrons. The molecule has 8 rings (SSSR count). The van der Waals surface area contributed by atoms with Gasteiger partial charge < -0.3 is 19.5 Å². The van der Waals surface area contributed by atoms with Gasteiger partial charge in [-0.25, -0.2) is 9.97 Å². The van der Waals surface area contributed by atoms with Crippen LogP contribution in [0.4, 0.5) is 18.9 Å². The van der Waals surface area contributed by atoms with Crippen molar-refractivity contribution in [2.45, 2.75) is 45.0 Å². The minimum Gasteiger partial charge on any atom is -0.473 e. The van der Waals surface area contributed by atoms with Crippen LogP contribution in [0.2, 0.25) is 0 Å². The van der Waals surface area contributed by atoms with Crippen molar-refractivity contribution >= 4 is 44.5 Å². The Morgan fingerprint density at radius 3 is 2.67 bits per heavy atom. The second kappa shape index (κ2) is 13.2. The number of piperidine rings is 1. The number of aryl methyl sites for hydroxylation is 1. The number of imidazole rings is 1. The zero-order valence-corrected chi connectivity index (χ0v) is 27.8. The van der Waals surface area contributed by atoms with Crippen LogP contribution in [-0.2, 0) is 19.3 Å². The number of benzene rings is 3. The smallest absolute Gasteiger partial charge is 0.433 e. The third kappa shape index (κ3) is 6.54. The number of H-pyrrole nitrogens is 2. The zero-order chi connectivity index (χ0) is 36.0. The molecule has 0 saturated carbocycles. The maximum Gasteiger partial charge on any atom is 0.433 e. The minimum absolute atomic E-state index is 0.0801. The molecule has 0 unspecified atom stereocenters. The molecule has 5 heterocycles. The normalized spacial score (nSPS) is 14.3. The van der Waals surface area contributed by atoms with Crippen LogP contribution in [0, 0.1) is 18.3 Å². The van der Waals surface area contributed by atoms with Crippen molar-refractivity contribution in [3.8, 4) is 11.9 Å². The molecule has 1 aliphatic rings. The van der Waals surface area contributed by atoms with Crippen molar-refractivity contribution in [1.82, 2.24) is 30.0 Å². The van der Waals surface area contributed by atoms with Gasteiger partial charge in [-0.3, -0.25) is 14.8 Å². The van der Waals surface area contributed by atoms with Crippen molar-refractivity contribution in [2.75, 3.05) is 18.4 Å². The van der Waals surface area contributed by atoms with Crippen molar-refractivity contribution in [3.63, 3.8) is 0 Å². The van der Waals surface area contributed by atoms with Gasteiger partial charge in [0.2, 0.25) is 5.88 Å². The van der Waals surface area contributed by atoms with Gasteiger partial charge >= 0.3 is 6.18 Å². The van der Waals surface area contributed by atoms with Crippen molar-refractivity contribution in [2.24, 2.45) is 0 Å². The number of nitrogens with one attached hydrogen (secondary N) is 3. The van der Waals surface area contributed by atoms with Crippen LogP contribution < -0.4 is 10.1 Å². The molecule has 0 bridgehead atoms. The van der Waals surface area contributed by atoms with Gasteiger partial charge in [0, 0.05) is 45.3 Å². The molecule has 11 nitrogen and oxygen atoms in total. The molecule has 1 amide bonds. The van der Waals surface area contributed by atoms with Crippen molar-refractivity contribution < 1.29 is 27.1 Å². The fourth-order valence-corrected chi connectivity index (χ4v) is 6.79. The summed E-state index contributed by atoms with van der Waals surface area (Å²) in [6, 6.07) is 22.8. The van der Waals surface area contributed by atoms with Gasteiger partial charge in [-0.05, 0) is 87.5 Å². The second-order valence-electron chi connectivity index (χ2n) is 12.9. The number of anilines is 1. The van der Waals surface area contributed by atoms with E-state index in [0.717, 1.165) is 65.2 Å². The van der Waals surface area contributed by atoms with Crippen molar-refractivity contribution in [3.05, 3.63) is 112 Å². The highest BCUT2D eigenvalue weighted by Crippen LogP contribution is 2.34. The van der Waals surface area contributed by atoms with Gasteiger partial charge in [0.05, 0.1) is 34.7 Å². The van der Waals surface area contributed by atoms with E-state index < -0.39 is 17.8 Å². The number of nitrogens with zero attached hydrogens (tertiary/aromatic N) is 5. The number of pyridine rings is 1. The number of fused-ring (bicyclic) bond motifs is 3. The number of likely N-dealkylation sites (tertiary alicyclic amines) is 1. The fourth-order valence-electron chi connectivity index (χ4n) is 6.79. The highest BCUT2D eigenvalue weighted by molar-refractivity contribution is 6.07. The average Bonchev–Trinajstić information content (AvgIpc) is 3.86. The van der Waals surface area contributed by atoms with Crippen LogP contribution >= 0.6 is 0 Å². The zero-order valence-electron chi connectivity index (χ0n) is 27.8. The average molecular weight is 705 g/mol. The van der Waals surface area contributed by atoms with Gasteiger partial charge in [-0.1, -0.05) is 12.1 Å². The Balaban J connectivity index is 0.873. The van der Waals surface area contributed by atoms with Gasteiger partial charge in [-0.2, -0.15) is 23.5 Å². The molecular formula is C38H31F3N8O3. The molecule has 3 aromatic carbocycles. The van der Waals surface area contributed by atoms with E-state index in [2.05, 4.69) is 26.4 Å². The van der Waals surface area contributed by atoms with Crippen LogP contribution in [0.3, 0.4) is 0 Å². The lowest BCUT2D eigenvalue weighted by Gasteiger charge is -2.31. The van der Waals surface area contributed by atoms with Gasteiger partial charge in [0.1, 0.15) is 29.5 Å². The monoisotopic (exact) mass is 704 g/mol. The molecule has 1 aliphatic heterocycles. The fraction of sp³-hybridized carbons (Fsp3) is 0.237. The lowest BCUT2D eigenvalue weighted by atomic mass is 9.93. The van der Waals surface area contributed by atoms with Gasteiger partial charge in [-0.15, -0.1) is 0 Å². The summed E-state index contributed by atoms with van der Waals surface area (Å²) in [5, 5.41) is 18.5. The molecule has 0 aliphatic carbocycles. The van der Waals surface area contributed by atoms with E-state index in [1.54, 1.807) is 24.3 Å². The molecule has 0 spiro atoms. The summed E-state index contributed by atoms with van der Waals surface area (Å²) in [6.07, 6.45) is -2.78. The quantitative estimate of drug-likeness (QED) is 0.144. The summed E-state index contributed by atoms with van der Waals surface area (Å²) in [5.74, 6) is 1.80. The van der Waals surface area contributed by atoms with E-state index in [1.807, 2.05) is 42.4 Å². The third-order valence-corrected chi connectivity index (χ3v) is 9.40. The molecule has 1 saturated heterocycles. The highest BCUT2D eigenvalue weighted by atomic mass is 19.4. The first-order valence-corrected chi connectivity index (χ1v) is 16.7. The summed E-state index contributed by atoms with van der Waals surface area (Å²) in [5.41, 5.74) is 4.23. The standard InChI is InChI=1S/C38H31F3N8O3/c1-21-15-27-24(18-42)5-6-25(35(27)52-21)20-51-34-4-2-3-29(46-34)22-11-13-49(14-12-22)19-33-44-31-10-8-26(17-32(31)45-33)43-37(50)23-7-9-30-28(16-23)36(48-47-30)38(39,40)41/h2-10,15-17,22H,11-14,19-20H2,1H3,(H,43,50)(H,44,45)(H,47,48). The van der Waals surface area contributed by atoms with Gasteiger partial charge in [0.25, 0.3) is 5.91 Å². The van der Waals surface area contributed by atoms with E-state index in [0.29, 0.717) is 29.3 Å². The summed E-state index contributed by atoms with van der Waals surface area (Å²) < 4.78 is 52.0. The lowest BCUT2D eigenvalue weighted by molar-refractivity contribution is -0.139.